The Morgan fingerprint density at radius 3 is 2.60 bits per heavy atom. The highest BCUT2D eigenvalue weighted by atomic mass is 16.5. The Bertz CT molecular complexity index is 332. The number of aldehydes is 1. The van der Waals surface area contributed by atoms with Gasteiger partial charge < -0.3 is 14.8 Å². The number of methoxy groups -OCH3 is 1. The van der Waals surface area contributed by atoms with Crippen molar-refractivity contribution in [2.75, 3.05) is 13.7 Å². The fraction of sp³-hybridized carbons (Fsp3) is 0.273. The number of amides is 1. The van der Waals surface area contributed by atoms with Crippen molar-refractivity contribution in [3.05, 3.63) is 29.8 Å². The van der Waals surface area contributed by atoms with E-state index >= 15 is 0 Å². The molecule has 0 aliphatic rings. The molecule has 0 atom stereocenters. The van der Waals surface area contributed by atoms with Gasteiger partial charge in [-0.15, -0.1) is 0 Å². The fourth-order valence-electron chi connectivity index (χ4n) is 1.09. The average molecular weight is 207 g/mol. The number of hydrogen-bond donors (Lipinski definition) is 1. The molecule has 15 heavy (non-hydrogen) atoms. The first-order chi connectivity index (χ1) is 7.27. The topological polar surface area (TPSA) is 55.4 Å². The van der Waals surface area contributed by atoms with Gasteiger partial charge in [0.25, 0.3) is 5.91 Å². The number of benzene rings is 1. The lowest BCUT2D eigenvalue weighted by atomic mass is 10.2. The van der Waals surface area contributed by atoms with Crippen molar-refractivity contribution >= 4 is 12.2 Å². The number of carbonyl (C=O) groups is 2. The summed E-state index contributed by atoms with van der Waals surface area (Å²) in [5, 5.41) is 2.63. The summed E-state index contributed by atoms with van der Waals surface area (Å²) < 4.78 is 4.97. The highest BCUT2D eigenvalue weighted by Gasteiger charge is 2.03. The minimum Gasteiger partial charge on any atom is -0.497 e. The molecule has 4 nitrogen and oxygen atoms in total. The minimum absolute atomic E-state index is 0.181. The zero-order valence-electron chi connectivity index (χ0n) is 8.53. The Labute approximate surface area is 88.2 Å². The minimum atomic E-state index is -0.181. The van der Waals surface area contributed by atoms with Crippen LogP contribution in [-0.2, 0) is 4.79 Å². The first kappa shape index (κ1) is 11.2. The maximum Gasteiger partial charge on any atom is 0.251 e. The molecular formula is C11H13NO3. The Balaban J connectivity index is 2.54. The zero-order chi connectivity index (χ0) is 11.1. The van der Waals surface area contributed by atoms with Gasteiger partial charge >= 0.3 is 0 Å². The molecule has 0 fully saturated rings. The second kappa shape index (κ2) is 5.80. The van der Waals surface area contributed by atoms with Crippen molar-refractivity contribution in [3.63, 3.8) is 0 Å². The first-order valence-corrected chi connectivity index (χ1v) is 4.64. The molecular weight excluding hydrogens is 194 g/mol. The molecule has 1 amide bonds. The van der Waals surface area contributed by atoms with Crippen LogP contribution in [0.3, 0.4) is 0 Å². The van der Waals surface area contributed by atoms with Gasteiger partial charge in [-0.2, -0.15) is 0 Å². The molecule has 80 valence electrons. The molecule has 1 aromatic rings. The maximum atomic E-state index is 11.5. The van der Waals surface area contributed by atoms with E-state index in [1.165, 1.54) is 0 Å². The van der Waals surface area contributed by atoms with Crippen molar-refractivity contribution < 1.29 is 14.3 Å². The number of rotatable bonds is 5. The molecule has 0 spiro atoms. The van der Waals surface area contributed by atoms with E-state index in [1.54, 1.807) is 31.4 Å². The molecule has 0 bridgehead atoms. The molecule has 0 heterocycles. The molecule has 0 aliphatic heterocycles. The zero-order valence-corrected chi connectivity index (χ0v) is 8.53. The van der Waals surface area contributed by atoms with Crippen LogP contribution in [0.5, 0.6) is 5.75 Å². The highest BCUT2D eigenvalue weighted by Crippen LogP contribution is 2.10. The lowest BCUT2D eigenvalue weighted by molar-refractivity contribution is -0.107. The van der Waals surface area contributed by atoms with Crippen molar-refractivity contribution in [2.45, 2.75) is 6.42 Å². The molecule has 1 N–H and O–H groups in total. The quantitative estimate of drug-likeness (QED) is 0.579. The summed E-state index contributed by atoms with van der Waals surface area (Å²) in [6, 6.07) is 6.79. The Morgan fingerprint density at radius 1 is 1.40 bits per heavy atom. The number of nitrogens with one attached hydrogen (secondary N) is 1. The van der Waals surface area contributed by atoms with Crippen LogP contribution in [0.25, 0.3) is 0 Å². The second-order valence-electron chi connectivity index (χ2n) is 2.94. The van der Waals surface area contributed by atoms with Crippen LogP contribution in [-0.4, -0.2) is 25.8 Å². The van der Waals surface area contributed by atoms with E-state index in [2.05, 4.69) is 5.32 Å². The van der Waals surface area contributed by atoms with Gasteiger partial charge in [0.2, 0.25) is 0 Å². The van der Waals surface area contributed by atoms with Gasteiger partial charge in [0.15, 0.2) is 0 Å². The van der Waals surface area contributed by atoms with E-state index < -0.39 is 0 Å². The Kier molecular flexibility index (Phi) is 4.34. The lowest BCUT2D eigenvalue weighted by Crippen LogP contribution is -2.24. The van der Waals surface area contributed by atoms with E-state index in [1.807, 2.05) is 0 Å². The van der Waals surface area contributed by atoms with Gasteiger partial charge in [-0.25, -0.2) is 0 Å². The van der Waals surface area contributed by atoms with E-state index in [-0.39, 0.29) is 5.91 Å². The third-order valence-electron chi connectivity index (χ3n) is 1.90. The fourth-order valence-corrected chi connectivity index (χ4v) is 1.09. The van der Waals surface area contributed by atoms with Crippen LogP contribution >= 0.6 is 0 Å². The van der Waals surface area contributed by atoms with Gasteiger partial charge in [0.05, 0.1) is 7.11 Å². The summed E-state index contributed by atoms with van der Waals surface area (Å²) in [6.07, 6.45) is 1.11. The smallest absolute Gasteiger partial charge is 0.251 e. The predicted molar refractivity (Wildman–Crippen MR) is 56.0 cm³/mol. The summed E-state index contributed by atoms with van der Waals surface area (Å²) in [5.41, 5.74) is 0.557. The molecule has 0 saturated carbocycles. The monoisotopic (exact) mass is 207 g/mol. The number of ether oxygens (including phenoxy) is 1. The maximum absolute atomic E-state index is 11.5. The van der Waals surface area contributed by atoms with Crippen molar-refractivity contribution in [1.29, 1.82) is 0 Å². The third kappa shape index (κ3) is 3.42. The predicted octanol–water partition coefficient (Wildman–Crippen LogP) is 1.01. The molecule has 4 heteroatoms. The Hall–Kier alpha value is -1.84. The van der Waals surface area contributed by atoms with Crippen LogP contribution in [0.2, 0.25) is 0 Å². The van der Waals surface area contributed by atoms with Crippen molar-refractivity contribution in [1.82, 2.24) is 5.32 Å². The van der Waals surface area contributed by atoms with E-state index in [0.29, 0.717) is 24.3 Å². The molecule has 1 aromatic carbocycles. The van der Waals surface area contributed by atoms with Gasteiger partial charge in [0, 0.05) is 18.5 Å². The van der Waals surface area contributed by atoms with Crippen LogP contribution < -0.4 is 10.1 Å². The lowest BCUT2D eigenvalue weighted by Gasteiger charge is -2.04. The first-order valence-electron chi connectivity index (χ1n) is 4.64. The van der Waals surface area contributed by atoms with Crippen LogP contribution in [0.4, 0.5) is 0 Å². The van der Waals surface area contributed by atoms with Crippen molar-refractivity contribution in [2.24, 2.45) is 0 Å². The van der Waals surface area contributed by atoms with E-state index in [0.717, 1.165) is 6.29 Å². The van der Waals surface area contributed by atoms with Crippen LogP contribution in [0.1, 0.15) is 16.8 Å². The average Bonchev–Trinajstić information content (AvgIpc) is 2.29. The number of hydrogen-bond acceptors (Lipinski definition) is 3. The second-order valence-corrected chi connectivity index (χ2v) is 2.94. The standard InChI is InChI=1S/C11H13NO3/c1-15-10-5-3-9(4-6-10)11(14)12-7-2-8-13/h3-6,8H,2,7H2,1H3,(H,12,14). The molecule has 0 aromatic heterocycles. The van der Waals surface area contributed by atoms with Gasteiger partial charge in [-0.05, 0) is 24.3 Å². The van der Waals surface area contributed by atoms with E-state index in [9.17, 15) is 9.59 Å². The summed E-state index contributed by atoms with van der Waals surface area (Å²) in [7, 11) is 1.57. The Morgan fingerprint density at radius 2 is 2.07 bits per heavy atom. The summed E-state index contributed by atoms with van der Waals surface area (Å²) in [4.78, 5) is 21.5. The molecule has 1 rings (SSSR count). The highest BCUT2D eigenvalue weighted by molar-refractivity contribution is 5.94. The summed E-state index contributed by atoms with van der Waals surface area (Å²) >= 11 is 0. The summed E-state index contributed by atoms with van der Waals surface area (Å²) in [6.45, 7) is 0.369. The van der Waals surface area contributed by atoms with Gasteiger partial charge in [-0.1, -0.05) is 0 Å². The number of carbonyl (C=O) groups excluding carboxylic acids is 2. The van der Waals surface area contributed by atoms with Gasteiger partial charge in [0.1, 0.15) is 12.0 Å². The largest absolute Gasteiger partial charge is 0.497 e. The van der Waals surface area contributed by atoms with Crippen LogP contribution in [0, 0.1) is 0 Å². The normalized spacial score (nSPS) is 9.40. The van der Waals surface area contributed by atoms with Crippen LogP contribution in [0.15, 0.2) is 24.3 Å². The molecule has 0 aliphatic carbocycles. The third-order valence-corrected chi connectivity index (χ3v) is 1.90. The molecule has 0 unspecified atom stereocenters. The van der Waals surface area contributed by atoms with Gasteiger partial charge in [-0.3, -0.25) is 4.79 Å². The van der Waals surface area contributed by atoms with Crippen molar-refractivity contribution in [3.8, 4) is 5.75 Å². The van der Waals surface area contributed by atoms with E-state index in [4.69, 9.17) is 4.74 Å². The SMILES string of the molecule is COc1ccc(C(=O)NCCC=O)cc1. The molecule has 0 radical (unpaired) electrons. The molecule has 0 saturated heterocycles. The summed E-state index contributed by atoms with van der Waals surface area (Å²) in [5.74, 6) is 0.527.